The van der Waals surface area contributed by atoms with Crippen LogP contribution >= 0.6 is 0 Å². The average molecular weight is 231 g/mol. The molecule has 1 unspecified atom stereocenters. The van der Waals surface area contributed by atoms with Crippen molar-refractivity contribution in [2.24, 2.45) is 11.1 Å². The van der Waals surface area contributed by atoms with Gasteiger partial charge in [0.05, 0.1) is 0 Å². The van der Waals surface area contributed by atoms with Crippen LogP contribution < -0.4 is 5.73 Å². The lowest BCUT2D eigenvalue weighted by Gasteiger charge is -2.31. The molecule has 0 amide bonds. The number of benzene rings is 1. The molecule has 1 heteroatoms. The van der Waals surface area contributed by atoms with Crippen LogP contribution in [0.25, 0.3) is 0 Å². The van der Waals surface area contributed by atoms with Crippen LogP contribution in [0.3, 0.4) is 0 Å². The van der Waals surface area contributed by atoms with Crippen molar-refractivity contribution in [1.29, 1.82) is 0 Å². The smallest absolute Gasteiger partial charge is 0.0133 e. The van der Waals surface area contributed by atoms with Crippen molar-refractivity contribution in [3.8, 4) is 0 Å². The monoisotopic (exact) mass is 231 g/mol. The summed E-state index contributed by atoms with van der Waals surface area (Å²) in [5, 5.41) is 0. The fourth-order valence-corrected chi connectivity index (χ4v) is 2.96. The Morgan fingerprint density at radius 1 is 1.12 bits per heavy atom. The highest BCUT2D eigenvalue weighted by molar-refractivity contribution is 5.23. The van der Waals surface area contributed by atoms with Gasteiger partial charge in [0.2, 0.25) is 0 Å². The first kappa shape index (κ1) is 12.6. The Labute approximate surface area is 105 Å². The van der Waals surface area contributed by atoms with E-state index < -0.39 is 0 Å². The van der Waals surface area contributed by atoms with Crippen molar-refractivity contribution >= 4 is 0 Å². The predicted octanol–water partition coefficient (Wildman–Crippen LogP) is 3.70. The SMILES string of the molecule is CCc1ccc(CC(N)C2(C)CCCC2)cc1. The van der Waals surface area contributed by atoms with E-state index in [4.69, 9.17) is 5.73 Å². The van der Waals surface area contributed by atoms with Gasteiger partial charge in [-0.25, -0.2) is 0 Å². The summed E-state index contributed by atoms with van der Waals surface area (Å²) in [7, 11) is 0. The topological polar surface area (TPSA) is 26.0 Å². The molecule has 0 aliphatic heterocycles. The van der Waals surface area contributed by atoms with Crippen LogP contribution in [-0.4, -0.2) is 6.04 Å². The minimum absolute atomic E-state index is 0.317. The van der Waals surface area contributed by atoms with Crippen LogP contribution in [0.2, 0.25) is 0 Å². The molecule has 94 valence electrons. The number of hydrogen-bond acceptors (Lipinski definition) is 1. The second kappa shape index (κ2) is 5.22. The van der Waals surface area contributed by atoms with Crippen molar-refractivity contribution in [2.45, 2.75) is 58.4 Å². The lowest BCUT2D eigenvalue weighted by Crippen LogP contribution is -2.39. The van der Waals surface area contributed by atoms with Crippen LogP contribution in [0.1, 0.15) is 50.7 Å². The molecule has 1 nitrogen and oxygen atoms in total. The maximum absolute atomic E-state index is 6.42. The maximum Gasteiger partial charge on any atom is 0.0133 e. The third kappa shape index (κ3) is 2.90. The lowest BCUT2D eigenvalue weighted by atomic mass is 9.78. The molecule has 0 radical (unpaired) electrons. The third-order valence-corrected chi connectivity index (χ3v) is 4.53. The molecule has 1 aromatic rings. The molecule has 1 aliphatic rings. The molecule has 0 saturated heterocycles. The van der Waals surface area contributed by atoms with Gasteiger partial charge in [0.1, 0.15) is 0 Å². The van der Waals surface area contributed by atoms with E-state index in [0.29, 0.717) is 11.5 Å². The van der Waals surface area contributed by atoms with E-state index in [0.717, 1.165) is 12.8 Å². The molecule has 1 aromatic carbocycles. The minimum atomic E-state index is 0.317. The van der Waals surface area contributed by atoms with Gasteiger partial charge >= 0.3 is 0 Å². The molecule has 1 saturated carbocycles. The van der Waals surface area contributed by atoms with Gasteiger partial charge in [0.25, 0.3) is 0 Å². The second-order valence-electron chi connectivity index (χ2n) is 5.84. The zero-order valence-corrected chi connectivity index (χ0v) is 11.2. The Hall–Kier alpha value is -0.820. The molecular weight excluding hydrogens is 206 g/mol. The molecule has 1 atom stereocenters. The molecule has 0 heterocycles. The summed E-state index contributed by atoms with van der Waals surface area (Å²) in [5.74, 6) is 0. The number of aryl methyl sites for hydroxylation is 1. The largest absolute Gasteiger partial charge is 0.327 e. The Balaban J connectivity index is 1.99. The highest BCUT2D eigenvalue weighted by Crippen LogP contribution is 2.40. The summed E-state index contributed by atoms with van der Waals surface area (Å²) in [6, 6.07) is 9.28. The summed E-state index contributed by atoms with van der Waals surface area (Å²) in [4.78, 5) is 0. The van der Waals surface area contributed by atoms with Gasteiger partial charge in [-0.15, -0.1) is 0 Å². The number of hydrogen-bond donors (Lipinski definition) is 1. The first-order valence-electron chi connectivity index (χ1n) is 6.97. The maximum atomic E-state index is 6.42. The van der Waals surface area contributed by atoms with E-state index in [9.17, 15) is 0 Å². The number of rotatable bonds is 4. The van der Waals surface area contributed by atoms with Crippen LogP contribution in [0.5, 0.6) is 0 Å². The van der Waals surface area contributed by atoms with Gasteiger partial charge in [0.15, 0.2) is 0 Å². The zero-order valence-electron chi connectivity index (χ0n) is 11.2. The van der Waals surface area contributed by atoms with Crippen LogP contribution in [0, 0.1) is 5.41 Å². The molecule has 2 rings (SSSR count). The minimum Gasteiger partial charge on any atom is -0.327 e. The number of nitrogens with two attached hydrogens (primary N) is 1. The second-order valence-corrected chi connectivity index (χ2v) is 5.84. The Kier molecular flexibility index (Phi) is 3.88. The first-order chi connectivity index (χ1) is 8.14. The van der Waals surface area contributed by atoms with Crippen LogP contribution in [0.4, 0.5) is 0 Å². The van der Waals surface area contributed by atoms with Gasteiger partial charge in [-0.2, -0.15) is 0 Å². The van der Waals surface area contributed by atoms with Gasteiger partial charge in [-0.05, 0) is 42.2 Å². The molecular formula is C16H25N. The highest BCUT2D eigenvalue weighted by Gasteiger charge is 2.34. The van der Waals surface area contributed by atoms with Gasteiger partial charge in [-0.1, -0.05) is 51.0 Å². The molecule has 2 N–H and O–H groups in total. The zero-order chi connectivity index (χ0) is 12.3. The summed E-state index contributed by atoms with van der Waals surface area (Å²) >= 11 is 0. The van der Waals surface area contributed by atoms with E-state index in [1.165, 1.54) is 36.8 Å². The molecule has 1 aliphatic carbocycles. The fourth-order valence-electron chi connectivity index (χ4n) is 2.96. The summed E-state index contributed by atoms with van der Waals surface area (Å²) < 4.78 is 0. The molecule has 0 aromatic heterocycles. The van der Waals surface area contributed by atoms with Crippen molar-refractivity contribution in [3.63, 3.8) is 0 Å². The van der Waals surface area contributed by atoms with Crippen molar-refractivity contribution in [3.05, 3.63) is 35.4 Å². The Bertz CT molecular complexity index is 346. The first-order valence-corrected chi connectivity index (χ1v) is 6.97. The van der Waals surface area contributed by atoms with Crippen molar-refractivity contribution < 1.29 is 0 Å². The van der Waals surface area contributed by atoms with Crippen molar-refractivity contribution in [2.75, 3.05) is 0 Å². The van der Waals surface area contributed by atoms with E-state index in [1.807, 2.05) is 0 Å². The molecule has 17 heavy (non-hydrogen) atoms. The van der Waals surface area contributed by atoms with Crippen molar-refractivity contribution in [1.82, 2.24) is 0 Å². The predicted molar refractivity (Wildman–Crippen MR) is 74.1 cm³/mol. The van der Waals surface area contributed by atoms with E-state index >= 15 is 0 Å². The molecule has 0 bridgehead atoms. The van der Waals surface area contributed by atoms with Gasteiger partial charge in [-0.3, -0.25) is 0 Å². The molecule has 0 spiro atoms. The lowest BCUT2D eigenvalue weighted by molar-refractivity contribution is 0.260. The van der Waals surface area contributed by atoms with Crippen LogP contribution in [0.15, 0.2) is 24.3 Å². The normalized spacial score (nSPS) is 20.4. The van der Waals surface area contributed by atoms with E-state index in [-0.39, 0.29) is 0 Å². The fraction of sp³-hybridized carbons (Fsp3) is 0.625. The standard InChI is InChI=1S/C16H25N/c1-3-13-6-8-14(9-7-13)12-15(17)16(2)10-4-5-11-16/h6-9,15H,3-5,10-12,17H2,1-2H3. The van der Waals surface area contributed by atoms with Gasteiger partial charge in [0, 0.05) is 6.04 Å². The Morgan fingerprint density at radius 3 is 2.18 bits per heavy atom. The van der Waals surface area contributed by atoms with E-state index in [1.54, 1.807) is 0 Å². The summed E-state index contributed by atoms with van der Waals surface area (Å²) in [6.45, 7) is 4.56. The quantitative estimate of drug-likeness (QED) is 0.840. The summed E-state index contributed by atoms with van der Waals surface area (Å²) in [6.07, 6.45) is 7.48. The van der Waals surface area contributed by atoms with Gasteiger partial charge < -0.3 is 5.73 Å². The van der Waals surface area contributed by atoms with Crippen LogP contribution in [-0.2, 0) is 12.8 Å². The Morgan fingerprint density at radius 2 is 1.65 bits per heavy atom. The summed E-state index contributed by atoms with van der Waals surface area (Å²) in [5.41, 5.74) is 9.60. The third-order valence-electron chi connectivity index (χ3n) is 4.53. The average Bonchev–Trinajstić information content (AvgIpc) is 2.78. The highest BCUT2D eigenvalue weighted by atomic mass is 14.7. The molecule has 1 fully saturated rings. The van der Waals surface area contributed by atoms with E-state index in [2.05, 4.69) is 38.1 Å².